The van der Waals surface area contributed by atoms with Crippen molar-refractivity contribution in [2.45, 2.75) is 18.6 Å². The van der Waals surface area contributed by atoms with Crippen molar-refractivity contribution in [3.05, 3.63) is 35.9 Å². The molecule has 0 spiro atoms. The van der Waals surface area contributed by atoms with Gasteiger partial charge < -0.3 is 21.3 Å². The molecule has 0 radical (unpaired) electrons. The van der Waals surface area contributed by atoms with Gasteiger partial charge in [-0.25, -0.2) is 4.79 Å². The molecule has 0 aliphatic carbocycles. The van der Waals surface area contributed by atoms with Gasteiger partial charge in [0.2, 0.25) is 5.91 Å². The zero-order valence-corrected chi connectivity index (χ0v) is 9.74. The van der Waals surface area contributed by atoms with Crippen LogP contribution >= 0.6 is 0 Å². The fraction of sp³-hybridized carbons (Fsp3) is 0.333. The number of hydrogen-bond donors (Lipinski definition) is 4. The molecule has 6 heteroatoms. The number of aliphatic hydroxyl groups excluding tert-OH is 1. The number of nitrogens with two attached hydrogens (primary N) is 1. The largest absolute Gasteiger partial charge is 0.479 e. The smallest absolute Gasteiger partial charge is 0.332 e. The molecule has 0 saturated carbocycles. The van der Waals surface area contributed by atoms with Crippen LogP contribution < -0.4 is 11.1 Å². The molecule has 98 valence electrons. The van der Waals surface area contributed by atoms with Crippen LogP contribution in [0.1, 0.15) is 18.0 Å². The van der Waals surface area contributed by atoms with Crippen molar-refractivity contribution in [3.63, 3.8) is 0 Å². The van der Waals surface area contributed by atoms with E-state index in [0.29, 0.717) is 5.56 Å². The van der Waals surface area contributed by atoms with Crippen molar-refractivity contribution in [1.29, 1.82) is 0 Å². The number of amides is 1. The maximum absolute atomic E-state index is 11.6. The lowest BCUT2D eigenvalue weighted by atomic mass is 10.1. The van der Waals surface area contributed by atoms with Crippen LogP contribution in [-0.4, -0.2) is 34.7 Å². The lowest BCUT2D eigenvalue weighted by Gasteiger charge is -2.13. The Labute approximate surface area is 104 Å². The van der Waals surface area contributed by atoms with Gasteiger partial charge in [0.1, 0.15) is 6.04 Å². The van der Waals surface area contributed by atoms with E-state index in [1.165, 1.54) is 0 Å². The van der Waals surface area contributed by atoms with Crippen molar-refractivity contribution >= 4 is 11.9 Å². The van der Waals surface area contributed by atoms with E-state index in [1.807, 2.05) is 6.07 Å². The van der Waals surface area contributed by atoms with Gasteiger partial charge in [-0.15, -0.1) is 0 Å². The predicted octanol–water partition coefficient (Wildman–Crippen LogP) is -0.362. The molecule has 0 aromatic heterocycles. The van der Waals surface area contributed by atoms with Crippen LogP contribution in [0.15, 0.2) is 30.3 Å². The number of nitrogens with one attached hydrogen (secondary N) is 1. The highest BCUT2D eigenvalue weighted by Gasteiger charge is 2.17. The van der Waals surface area contributed by atoms with E-state index in [-0.39, 0.29) is 13.0 Å². The Morgan fingerprint density at radius 2 is 1.89 bits per heavy atom. The summed E-state index contributed by atoms with van der Waals surface area (Å²) in [7, 11) is 0. The first kappa shape index (κ1) is 14.1. The zero-order chi connectivity index (χ0) is 13.5. The molecule has 1 aromatic carbocycles. The van der Waals surface area contributed by atoms with Crippen LogP contribution in [-0.2, 0) is 9.59 Å². The summed E-state index contributed by atoms with van der Waals surface area (Å²) in [6, 6.07) is 8.03. The van der Waals surface area contributed by atoms with Gasteiger partial charge in [-0.2, -0.15) is 0 Å². The maximum atomic E-state index is 11.6. The Balaban J connectivity index is 2.40. The second kappa shape index (κ2) is 6.73. The molecule has 6 nitrogen and oxygen atoms in total. The summed E-state index contributed by atoms with van der Waals surface area (Å²) in [4.78, 5) is 22.0. The first-order valence-electron chi connectivity index (χ1n) is 5.51. The standard InChI is InChI=1S/C12H16N2O4/c13-10(8-4-2-1-3-5-8)11(16)14-7-6-9(15)12(17)18/h1-5,9-10,15H,6-7,13H2,(H,14,16)(H,17,18)/t9-,10?/m0/s1. The lowest BCUT2D eigenvalue weighted by Crippen LogP contribution is -2.36. The number of carboxylic acids is 1. The van der Waals surface area contributed by atoms with E-state index in [0.717, 1.165) is 0 Å². The summed E-state index contributed by atoms with van der Waals surface area (Å²) in [5, 5.41) is 19.9. The highest BCUT2D eigenvalue weighted by Crippen LogP contribution is 2.09. The molecule has 0 heterocycles. The van der Waals surface area contributed by atoms with Crippen molar-refractivity contribution in [2.24, 2.45) is 5.73 Å². The molecule has 5 N–H and O–H groups in total. The predicted molar refractivity (Wildman–Crippen MR) is 64.6 cm³/mol. The summed E-state index contributed by atoms with van der Waals surface area (Å²) < 4.78 is 0. The molecular formula is C12H16N2O4. The van der Waals surface area contributed by atoms with Crippen molar-refractivity contribution in [1.82, 2.24) is 5.32 Å². The average molecular weight is 252 g/mol. The Morgan fingerprint density at radius 3 is 2.44 bits per heavy atom. The number of benzene rings is 1. The van der Waals surface area contributed by atoms with Crippen LogP contribution in [0, 0.1) is 0 Å². The van der Waals surface area contributed by atoms with E-state index < -0.39 is 24.0 Å². The minimum absolute atomic E-state index is 0.0530. The second-order valence-electron chi connectivity index (χ2n) is 3.82. The number of aliphatic hydroxyl groups is 1. The third-order valence-corrected chi connectivity index (χ3v) is 2.44. The van der Waals surface area contributed by atoms with Gasteiger partial charge in [0.15, 0.2) is 6.10 Å². The third-order valence-electron chi connectivity index (χ3n) is 2.44. The molecular weight excluding hydrogens is 236 g/mol. The van der Waals surface area contributed by atoms with Crippen LogP contribution in [0.2, 0.25) is 0 Å². The van der Waals surface area contributed by atoms with Gasteiger partial charge in [-0.1, -0.05) is 30.3 Å². The number of rotatable bonds is 6. The first-order chi connectivity index (χ1) is 8.52. The summed E-state index contributed by atoms with van der Waals surface area (Å²) >= 11 is 0. The molecule has 0 aliphatic rings. The van der Waals surface area contributed by atoms with E-state index in [4.69, 9.17) is 15.9 Å². The minimum atomic E-state index is -1.47. The SMILES string of the molecule is NC(C(=O)NCC[C@H](O)C(=O)O)c1ccccc1. The Morgan fingerprint density at radius 1 is 1.28 bits per heavy atom. The van der Waals surface area contributed by atoms with Gasteiger partial charge in [0.05, 0.1) is 0 Å². The van der Waals surface area contributed by atoms with Gasteiger partial charge in [-0.05, 0) is 5.56 Å². The normalized spacial score (nSPS) is 13.7. The molecule has 0 bridgehead atoms. The number of hydrogen-bond acceptors (Lipinski definition) is 4. The molecule has 2 atom stereocenters. The van der Waals surface area contributed by atoms with Gasteiger partial charge in [0, 0.05) is 13.0 Å². The Hall–Kier alpha value is -1.92. The monoisotopic (exact) mass is 252 g/mol. The highest BCUT2D eigenvalue weighted by molar-refractivity contribution is 5.82. The number of aliphatic carboxylic acids is 1. The first-order valence-corrected chi connectivity index (χ1v) is 5.51. The zero-order valence-electron chi connectivity index (χ0n) is 9.74. The quantitative estimate of drug-likeness (QED) is 0.552. The van der Waals surface area contributed by atoms with Crippen molar-refractivity contribution in [3.8, 4) is 0 Å². The number of carbonyl (C=O) groups excluding carboxylic acids is 1. The lowest BCUT2D eigenvalue weighted by molar-refractivity contribution is -0.147. The molecule has 1 rings (SSSR count). The highest BCUT2D eigenvalue weighted by atomic mass is 16.4. The second-order valence-corrected chi connectivity index (χ2v) is 3.82. The molecule has 0 saturated heterocycles. The maximum Gasteiger partial charge on any atom is 0.332 e. The summed E-state index contributed by atoms with van der Waals surface area (Å²) in [5.41, 5.74) is 6.40. The summed E-state index contributed by atoms with van der Waals surface area (Å²) in [6.45, 7) is 0.0623. The van der Waals surface area contributed by atoms with Crippen LogP contribution in [0.5, 0.6) is 0 Å². The fourth-order valence-electron chi connectivity index (χ4n) is 1.38. The molecule has 18 heavy (non-hydrogen) atoms. The van der Waals surface area contributed by atoms with Crippen LogP contribution in [0.4, 0.5) is 0 Å². The van der Waals surface area contributed by atoms with E-state index in [1.54, 1.807) is 24.3 Å². The van der Waals surface area contributed by atoms with E-state index in [9.17, 15) is 9.59 Å². The third kappa shape index (κ3) is 4.15. The van der Waals surface area contributed by atoms with Crippen LogP contribution in [0.3, 0.4) is 0 Å². The van der Waals surface area contributed by atoms with E-state index in [2.05, 4.69) is 5.32 Å². The van der Waals surface area contributed by atoms with Crippen molar-refractivity contribution in [2.75, 3.05) is 6.54 Å². The Kier molecular flexibility index (Phi) is 5.29. The van der Waals surface area contributed by atoms with Gasteiger partial charge >= 0.3 is 5.97 Å². The molecule has 0 aliphatic heterocycles. The molecule has 0 fully saturated rings. The number of carbonyl (C=O) groups is 2. The van der Waals surface area contributed by atoms with E-state index >= 15 is 0 Å². The Bertz CT molecular complexity index is 408. The molecule has 1 unspecified atom stereocenters. The van der Waals surface area contributed by atoms with Crippen LogP contribution in [0.25, 0.3) is 0 Å². The summed E-state index contributed by atoms with van der Waals surface area (Å²) in [6.07, 6.45) is -1.53. The number of carboxylic acid groups (broad SMARTS) is 1. The topological polar surface area (TPSA) is 113 Å². The summed E-state index contributed by atoms with van der Waals surface area (Å²) in [5.74, 6) is -1.71. The average Bonchev–Trinajstić information content (AvgIpc) is 2.38. The minimum Gasteiger partial charge on any atom is -0.479 e. The van der Waals surface area contributed by atoms with Gasteiger partial charge in [-0.3, -0.25) is 4.79 Å². The van der Waals surface area contributed by atoms with Crippen molar-refractivity contribution < 1.29 is 19.8 Å². The fourth-order valence-corrected chi connectivity index (χ4v) is 1.38. The molecule has 1 aromatic rings. The van der Waals surface area contributed by atoms with Gasteiger partial charge in [0.25, 0.3) is 0 Å². The molecule has 1 amide bonds.